The standard InChI is InChI=1S/C19H23N5O2S/c1-14-13-20-23(3)19(14)27(25,26)24-11-9-16-17(10-12-24)21-22(2)18(16)15-7-5-4-6-8-15/h4-8,13H,9-12H2,1-3H3. The molecule has 0 N–H and O–H groups in total. The van der Waals surface area contributed by atoms with Gasteiger partial charge in [0.2, 0.25) is 0 Å². The van der Waals surface area contributed by atoms with Gasteiger partial charge in [0, 0.05) is 50.3 Å². The van der Waals surface area contributed by atoms with Crippen molar-refractivity contribution < 1.29 is 8.42 Å². The average molecular weight is 385 g/mol. The van der Waals surface area contributed by atoms with E-state index in [2.05, 4.69) is 22.3 Å². The van der Waals surface area contributed by atoms with Crippen molar-refractivity contribution in [1.29, 1.82) is 0 Å². The monoisotopic (exact) mass is 385 g/mol. The number of benzene rings is 1. The number of sulfonamides is 1. The smallest absolute Gasteiger partial charge is 0.260 e. The Bertz CT molecular complexity index is 1060. The fourth-order valence-electron chi connectivity index (χ4n) is 3.89. The van der Waals surface area contributed by atoms with Crippen molar-refractivity contribution in [3.8, 4) is 11.3 Å². The molecule has 0 fully saturated rings. The van der Waals surface area contributed by atoms with Crippen molar-refractivity contribution in [2.75, 3.05) is 13.1 Å². The molecule has 0 saturated carbocycles. The van der Waals surface area contributed by atoms with Crippen LogP contribution < -0.4 is 0 Å². The van der Waals surface area contributed by atoms with E-state index < -0.39 is 10.0 Å². The highest BCUT2D eigenvalue weighted by molar-refractivity contribution is 7.89. The number of hydrogen-bond acceptors (Lipinski definition) is 4. The Labute approximate surface area is 159 Å². The number of aromatic nitrogens is 4. The van der Waals surface area contributed by atoms with Crippen LogP contribution in [0.2, 0.25) is 0 Å². The first kappa shape index (κ1) is 17.9. The molecule has 142 valence electrons. The largest absolute Gasteiger partial charge is 0.267 e. The van der Waals surface area contributed by atoms with Crippen molar-refractivity contribution in [2.24, 2.45) is 14.1 Å². The summed E-state index contributed by atoms with van der Waals surface area (Å²) < 4.78 is 31.3. The maximum atomic E-state index is 13.2. The molecule has 4 rings (SSSR count). The number of aryl methyl sites for hydroxylation is 3. The molecule has 2 aromatic heterocycles. The Morgan fingerprint density at radius 1 is 1.00 bits per heavy atom. The molecule has 0 aliphatic carbocycles. The fraction of sp³-hybridized carbons (Fsp3) is 0.368. The third kappa shape index (κ3) is 2.98. The first-order valence-corrected chi connectivity index (χ1v) is 10.4. The highest BCUT2D eigenvalue weighted by Crippen LogP contribution is 2.30. The summed E-state index contributed by atoms with van der Waals surface area (Å²) in [4.78, 5) is 0. The topological polar surface area (TPSA) is 73.0 Å². The van der Waals surface area contributed by atoms with Gasteiger partial charge in [0.15, 0.2) is 5.03 Å². The minimum Gasteiger partial charge on any atom is -0.267 e. The number of hydrogen-bond donors (Lipinski definition) is 0. The number of rotatable bonds is 3. The van der Waals surface area contributed by atoms with E-state index in [-0.39, 0.29) is 5.03 Å². The lowest BCUT2D eigenvalue weighted by Crippen LogP contribution is -2.35. The summed E-state index contributed by atoms with van der Waals surface area (Å²) >= 11 is 0. The van der Waals surface area contributed by atoms with E-state index in [0.717, 1.165) is 22.5 Å². The van der Waals surface area contributed by atoms with E-state index in [9.17, 15) is 8.42 Å². The van der Waals surface area contributed by atoms with Crippen molar-refractivity contribution in [3.05, 3.63) is 53.3 Å². The Balaban J connectivity index is 1.68. The van der Waals surface area contributed by atoms with Gasteiger partial charge in [-0.15, -0.1) is 0 Å². The van der Waals surface area contributed by atoms with E-state index in [4.69, 9.17) is 0 Å². The Kier molecular flexibility index (Phi) is 4.39. The van der Waals surface area contributed by atoms with Crippen LogP contribution in [0.15, 0.2) is 41.6 Å². The predicted octanol–water partition coefficient (Wildman–Crippen LogP) is 1.92. The summed E-state index contributed by atoms with van der Waals surface area (Å²) in [6, 6.07) is 10.1. The first-order chi connectivity index (χ1) is 12.9. The quantitative estimate of drug-likeness (QED) is 0.690. The zero-order valence-corrected chi connectivity index (χ0v) is 16.6. The Morgan fingerprint density at radius 3 is 2.37 bits per heavy atom. The molecule has 0 bridgehead atoms. The predicted molar refractivity (Wildman–Crippen MR) is 103 cm³/mol. The van der Waals surface area contributed by atoms with Crippen molar-refractivity contribution in [1.82, 2.24) is 23.9 Å². The van der Waals surface area contributed by atoms with E-state index >= 15 is 0 Å². The lowest BCUT2D eigenvalue weighted by Gasteiger charge is -2.20. The molecule has 7 nitrogen and oxygen atoms in total. The summed E-state index contributed by atoms with van der Waals surface area (Å²) in [7, 11) is 0.0296. The fourth-order valence-corrected chi connectivity index (χ4v) is 5.64. The second-order valence-corrected chi connectivity index (χ2v) is 8.78. The Morgan fingerprint density at radius 2 is 1.70 bits per heavy atom. The van der Waals surface area contributed by atoms with Gasteiger partial charge in [0.05, 0.1) is 17.6 Å². The minimum absolute atomic E-state index is 0.269. The van der Waals surface area contributed by atoms with Gasteiger partial charge in [-0.25, -0.2) is 8.42 Å². The third-order valence-electron chi connectivity index (χ3n) is 5.13. The van der Waals surface area contributed by atoms with E-state index in [0.29, 0.717) is 31.5 Å². The third-order valence-corrected chi connectivity index (χ3v) is 7.24. The summed E-state index contributed by atoms with van der Waals surface area (Å²) in [6.45, 7) is 2.64. The van der Waals surface area contributed by atoms with Gasteiger partial charge in [-0.3, -0.25) is 9.36 Å². The number of fused-ring (bicyclic) bond motifs is 1. The lowest BCUT2D eigenvalue weighted by molar-refractivity contribution is 0.418. The van der Waals surface area contributed by atoms with Crippen molar-refractivity contribution in [2.45, 2.75) is 24.8 Å². The van der Waals surface area contributed by atoms with Gasteiger partial charge in [0.25, 0.3) is 10.0 Å². The van der Waals surface area contributed by atoms with Crippen LogP contribution in [0.4, 0.5) is 0 Å². The van der Waals surface area contributed by atoms with Gasteiger partial charge in [0.1, 0.15) is 0 Å². The van der Waals surface area contributed by atoms with E-state index in [1.54, 1.807) is 24.5 Å². The molecule has 1 aromatic carbocycles. The number of nitrogens with zero attached hydrogens (tertiary/aromatic N) is 5. The van der Waals surface area contributed by atoms with Crippen molar-refractivity contribution >= 4 is 10.0 Å². The molecule has 3 heterocycles. The maximum absolute atomic E-state index is 13.2. The molecular weight excluding hydrogens is 362 g/mol. The average Bonchev–Trinajstić information content (AvgIpc) is 3.05. The van der Waals surface area contributed by atoms with Crippen LogP contribution in [0, 0.1) is 6.92 Å². The minimum atomic E-state index is -3.59. The van der Waals surface area contributed by atoms with Crippen LogP contribution >= 0.6 is 0 Å². The summed E-state index contributed by atoms with van der Waals surface area (Å²) in [5.41, 5.74) is 4.97. The summed E-state index contributed by atoms with van der Waals surface area (Å²) in [6.07, 6.45) is 2.84. The normalized spacial score (nSPS) is 15.5. The summed E-state index contributed by atoms with van der Waals surface area (Å²) in [5.74, 6) is 0. The molecule has 0 unspecified atom stereocenters. The molecule has 0 amide bonds. The van der Waals surface area contributed by atoms with Crippen LogP contribution in [-0.4, -0.2) is 45.4 Å². The van der Waals surface area contributed by atoms with Crippen LogP contribution in [-0.2, 0) is 37.0 Å². The Hall–Kier alpha value is -2.45. The van der Waals surface area contributed by atoms with Crippen LogP contribution in [0.5, 0.6) is 0 Å². The van der Waals surface area contributed by atoms with Gasteiger partial charge in [-0.2, -0.15) is 14.5 Å². The van der Waals surface area contributed by atoms with Gasteiger partial charge in [-0.1, -0.05) is 30.3 Å². The van der Waals surface area contributed by atoms with Crippen LogP contribution in [0.1, 0.15) is 16.8 Å². The van der Waals surface area contributed by atoms with Gasteiger partial charge < -0.3 is 0 Å². The molecule has 3 aromatic rings. The van der Waals surface area contributed by atoms with Gasteiger partial charge >= 0.3 is 0 Å². The van der Waals surface area contributed by atoms with Crippen LogP contribution in [0.25, 0.3) is 11.3 Å². The first-order valence-electron chi connectivity index (χ1n) is 8.98. The molecular formula is C19H23N5O2S. The SMILES string of the molecule is Cc1cnn(C)c1S(=O)(=O)N1CCc2nn(C)c(-c3ccccc3)c2CC1. The highest BCUT2D eigenvalue weighted by Gasteiger charge is 2.32. The second kappa shape index (κ2) is 6.61. The zero-order valence-electron chi connectivity index (χ0n) is 15.8. The second-order valence-electron chi connectivity index (χ2n) is 6.92. The van der Waals surface area contributed by atoms with E-state index in [1.807, 2.05) is 29.9 Å². The van der Waals surface area contributed by atoms with Gasteiger partial charge in [-0.05, 0) is 13.3 Å². The molecule has 0 saturated heterocycles. The molecule has 0 spiro atoms. The molecule has 1 aliphatic heterocycles. The zero-order chi connectivity index (χ0) is 19.2. The highest BCUT2D eigenvalue weighted by atomic mass is 32.2. The molecule has 27 heavy (non-hydrogen) atoms. The lowest BCUT2D eigenvalue weighted by atomic mass is 10.0. The molecule has 8 heteroatoms. The maximum Gasteiger partial charge on any atom is 0.260 e. The van der Waals surface area contributed by atoms with E-state index in [1.165, 1.54) is 4.68 Å². The van der Waals surface area contributed by atoms with Crippen molar-refractivity contribution in [3.63, 3.8) is 0 Å². The molecule has 1 aliphatic rings. The summed E-state index contributed by atoms with van der Waals surface area (Å²) in [5, 5.41) is 9.04. The van der Waals surface area contributed by atoms with Crippen LogP contribution in [0.3, 0.4) is 0 Å². The molecule has 0 atom stereocenters. The molecule has 0 radical (unpaired) electrons.